The van der Waals surface area contributed by atoms with Crippen LogP contribution in [-0.2, 0) is 27.3 Å². The number of imidazole rings is 1. The molecule has 0 aromatic carbocycles. The van der Waals surface area contributed by atoms with Gasteiger partial charge in [-0.25, -0.2) is 15.0 Å². The quantitative estimate of drug-likeness (QED) is 0.192. The Hall–Kier alpha value is -0.360. The third kappa shape index (κ3) is 6.20. The summed E-state index contributed by atoms with van der Waals surface area (Å²) in [5.74, 6) is 0.522. The van der Waals surface area contributed by atoms with E-state index < -0.39 is 56.9 Å². The minimum Gasteiger partial charge on any atom is -0.777 e. The fourth-order valence-corrected chi connectivity index (χ4v) is 8.10. The summed E-state index contributed by atoms with van der Waals surface area (Å²) in [6, 6.07) is 0. The number of aromatic nitrogens is 4. The minimum atomic E-state index is -5.95. The fourth-order valence-electron chi connectivity index (χ4n) is 3.40. The SMILES string of the molecule is CCN(CC)c1ncnc2c1ncn2[C@@H]1O[C@H](COP(=O)([O-])OP(=O)([O-])C(Br)(Br)P(=O)([O-])O)[C@@H](O)[C@H]1O. The molecule has 7 atom stereocenters. The summed E-state index contributed by atoms with van der Waals surface area (Å²) in [5.41, 5.74) is 0.629. The van der Waals surface area contributed by atoms with Gasteiger partial charge in [0.1, 0.15) is 24.6 Å². The van der Waals surface area contributed by atoms with E-state index in [0.717, 1.165) is 0 Å². The molecule has 0 radical (unpaired) electrons. The molecule has 0 saturated carbocycles. The molecule has 2 aromatic rings. The van der Waals surface area contributed by atoms with Gasteiger partial charge >= 0.3 is 0 Å². The van der Waals surface area contributed by atoms with Crippen LogP contribution in [0.25, 0.3) is 11.2 Å². The number of aliphatic hydroxyl groups is 2. The molecule has 0 aliphatic carbocycles. The van der Waals surface area contributed by atoms with Crippen LogP contribution >= 0.6 is 54.9 Å². The van der Waals surface area contributed by atoms with E-state index >= 15 is 0 Å². The Bertz CT molecular complexity index is 1270. The van der Waals surface area contributed by atoms with Crippen molar-refractivity contribution in [2.75, 3.05) is 24.6 Å². The van der Waals surface area contributed by atoms with Gasteiger partial charge in [-0.15, -0.1) is 0 Å². The average Bonchev–Trinajstić information content (AvgIpc) is 3.33. The Balaban J connectivity index is 1.77. The number of phosphoric ester groups is 1. The maximum absolute atomic E-state index is 12.1. The van der Waals surface area contributed by atoms with E-state index in [-0.39, 0.29) is 5.65 Å². The minimum absolute atomic E-state index is 0.247. The van der Waals surface area contributed by atoms with Crippen LogP contribution in [0.15, 0.2) is 12.7 Å². The second-order valence-corrected chi connectivity index (χ2v) is 19.0. The third-order valence-electron chi connectivity index (χ3n) is 5.29. The topological polar surface area (TPSA) is 256 Å². The van der Waals surface area contributed by atoms with E-state index in [4.69, 9.17) is 9.63 Å². The number of ether oxygens (including phenoxy) is 1. The van der Waals surface area contributed by atoms with Crippen LogP contribution in [0.1, 0.15) is 20.1 Å². The summed E-state index contributed by atoms with van der Waals surface area (Å²) in [4.78, 5) is 59.0. The van der Waals surface area contributed by atoms with Crippen molar-refractivity contribution in [3.05, 3.63) is 12.7 Å². The Morgan fingerprint density at radius 1 is 1.14 bits per heavy atom. The molecule has 17 nitrogen and oxygen atoms in total. The van der Waals surface area contributed by atoms with Crippen molar-refractivity contribution < 1.29 is 57.1 Å². The zero-order valence-electron chi connectivity index (χ0n) is 18.9. The molecule has 210 valence electrons. The highest BCUT2D eigenvalue weighted by atomic mass is 79.9. The van der Waals surface area contributed by atoms with Crippen LogP contribution in [0.3, 0.4) is 0 Å². The Morgan fingerprint density at radius 3 is 2.32 bits per heavy atom. The molecule has 3 rings (SSSR count). The van der Waals surface area contributed by atoms with Gasteiger partial charge < -0.3 is 53.1 Å². The molecule has 3 unspecified atom stereocenters. The van der Waals surface area contributed by atoms with Crippen molar-refractivity contribution in [3.8, 4) is 0 Å². The van der Waals surface area contributed by atoms with Crippen LogP contribution in [0.2, 0.25) is 0 Å². The first-order chi connectivity index (χ1) is 17.0. The molecule has 1 saturated heterocycles. The van der Waals surface area contributed by atoms with E-state index in [0.29, 0.717) is 24.4 Å². The standard InChI is InChI=1S/C15H24Br2N5O12P3/c1-3-21(4-2)12-9-13(19-6-18-12)22(7-20-9)14-11(24)10(23)8(33-14)5-32-37(30,31)34-36(28,29)15(16,17)35(25,26)27/h6-8,10-11,14,23-24H,3-5H2,1-2H3,(H,28,29)(H,30,31)(H2,25,26,27)/p-3/t8-,10-,11-,14-/m1/s1. The monoisotopic (exact) mass is 714 g/mol. The van der Waals surface area contributed by atoms with Crippen molar-refractivity contribution in [1.29, 1.82) is 0 Å². The maximum Gasteiger partial charge on any atom is 0.272 e. The molecule has 1 aliphatic rings. The molecule has 2 aromatic heterocycles. The number of phosphoric acid groups is 1. The van der Waals surface area contributed by atoms with Gasteiger partial charge in [0.15, 0.2) is 38.4 Å². The molecular formula is C15H21Br2N5O12P3-3. The maximum atomic E-state index is 12.1. The number of anilines is 1. The van der Waals surface area contributed by atoms with Crippen LogP contribution in [0.5, 0.6) is 0 Å². The van der Waals surface area contributed by atoms with Crippen molar-refractivity contribution >= 4 is 71.9 Å². The summed E-state index contributed by atoms with van der Waals surface area (Å²) in [5, 5.41) is 20.9. The summed E-state index contributed by atoms with van der Waals surface area (Å²) in [7, 11) is -17.5. The lowest BCUT2D eigenvalue weighted by atomic mass is 10.1. The Labute approximate surface area is 226 Å². The van der Waals surface area contributed by atoms with Crippen molar-refractivity contribution in [2.24, 2.45) is 0 Å². The van der Waals surface area contributed by atoms with Gasteiger partial charge in [-0.1, -0.05) is 31.9 Å². The summed E-state index contributed by atoms with van der Waals surface area (Å²) < 4.78 is 47.2. The number of hydrogen-bond donors (Lipinski definition) is 3. The smallest absolute Gasteiger partial charge is 0.272 e. The predicted octanol–water partition coefficient (Wildman–Crippen LogP) is -0.707. The first kappa shape index (κ1) is 31.2. The van der Waals surface area contributed by atoms with Crippen LogP contribution in [-0.4, -0.2) is 75.3 Å². The highest BCUT2D eigenvalue weighted by molar-refractivity contribution is 9.29. The summed E-state index contributed by atoms with van der Waals surface area (Å²) >= 11 is 4.28. The second kappa shape index (κ2) is 11.3. The third-order valence-corrected chi connectivity index (χ3v) is 15.5. The van der Waals surface area contributed by atoms with E-state index in [1.807, 2.05) is 18.7 Å². The molecular weight excluding hydrogens is 695 g/mol. The number of hydrogen-bond acceptors (Lipinski definition) is 15. The lowest BCUT2D eigenvalue weighted by molar-refractivity contribution is -0.234. The van der Waals surface area contributed by atoms with E-state index in [1.165, 1.54) is 17.2 Å². The molecule has 0 amide bonds. The van der Waals surface area contributed by atoms with Gasteiger partial charge in [-0.3, -0.25) is 13.4 Å². The molecule has 0 bridgehead atoms. The van der Waals surface area contributed by atoms with Crippen LogP contribution in [0.4, 0.5) is 5.82 Å². The number of rotatable bonds is 11. The molecule has 0 spiro atoms. The number of halogens is 2. The Morgan fingerprint density at radius 2 is 1.76 bits per heavy atom. The lowest BCUT2D eigenvalue weighted by Gasteiger charge is -2.42. The number of alkyl halides is 2. The largest absolute Gasteiger partial charge is 0.777 e. The number of fused-ring (bicyclic) bond motifs is 1. The number of aliphatic hydroxyl groups excluding tert-OH is 2. The summed E-state index contributed by atoms with van der Waals surface area (Å²) in [6.07, 6.45) is -3.58. The molecule has 37 heavy (non-hydrogen) atoms. The van der Waals surface area contributed by atoms with Gasteiger partial charge in [0, 0.05) is 13.1 Å². The molecule has 3 N–H and O–H groups in total. The van der Waals surface area contributed by atoms with Gasteiger partial charge in [0.05, 0.1) is 12.9 Å². The highest BCUT2D eigenvalue weighted by Crippen LogP contribution is 2.77. The normalized spacial score (nSPS) is 27.5. The molecule has 22 heteroatoms. The first-order valence-electron chi connectivity index (χ1n) is 10.3. The molecule has 3 heterocycles. The van der Waals surface area contributed by atoms with Gasteiger partial charge in [0.25, 0.3) is 7.82 Å². The highest BCUT2D eigenvalue weighted by Gasteiger charge is 2.49. The zero-order chi connectivity index (χ0) is 28.0. The molecule has 1 aliphatic heterocycles. The van der Waals surface area contributed by atoms with Crippen LogP contribution < -0.4 is 19.6 Å². The van der Waals surface area contributed by atoms with Gasteiger partial charge in [-0.05, 0) is 13.8 Å². The Kier molecular flexibility index (Phi) is 9.48. The second-order valence-electron chi connectivity index (χ2n) is 7.59. The van der Waals surface area contributed by atoms with Crippen molar-refractivity contribution in [1.82, 2.24) is 19.5 Å². The van der Waals surface area contributed by atoms with E-state index in [9.17, 15) is 38.6 Å². The predicted molar refractivity (Wildman–Crippen MR) is 127 cm³/mol. The number of nitrogens with zero attached hydrogens (tertiary/aromatic N) is 5. The van der Waals surface area contributed by atoms with Gasteiger partial charge in [0.2, 0.25) is 2.72 Å². The van der Waals surface area contributed by atoms with E-state index in [2.05, 4.69) is 55.6 Å². The first-order valence-corrected chi connectivity index (χ1v) is 16.5. The van der Waals surface area contributed by atoms with Gasteiger partial charge in [-0.2, -0.15) is 0 Å². The summed E-state index contributed by atoms with van der Waals surface area (Å²) in [6.45, 7) is 4.05. The van der Waals surface area contributed by atoms with E-state index in [1.54, 1.807) is 0 Å². The zero-order valence-corrected chi connectivity index (χ0v) is 24.8. The lowest BCUT2D eigenvalue weighted by Crippen LogP contribution is -2.34. The average molecular weight is 716 g/mol. The molecule has 1 fully saturated rings. The van der Waals surface area contributed by atoms with Crippen molar-refractivity contribution in [3.63, 3.8) is 0 Å². The van der Waals surface area contributed by atoms with Crippen molar-refractivity contribution in [2.45, 2.75) is 41.1 Å². The fraction of sp³-hybridized carbons (Fsp3) is 0.667. The van der Waals surface area contributed by atoms with Crippen LogP contribution in [0, 0.1) is 0 Å².